The lowest BCUT2D eigenvalue weighted by Gasteiger charge is -2.21. The monoisotopic (exact) mass is 315 g/mol. The number of thiazole rings is 1. The number of nitrogens with zero attached hydrogens (tertiary/aromatic N) is 1. The Hall–Kier alpha value is -1.88. The van der Waals surface area contributed by atoms with E-state index < -0.39 is 0 Å². The van der Waals surface area contributed by atoms with Crippen molar-refractivity contribution in [3.05, 3.63) is 52.5 Å². The van der Waals surface area contributed by atoms with E-state index in [9.17, 15) is 4.79 Å². The van der Waals surface area contributed by atoms with Crippen LogP contribution in [-0.2, 0) is 13.0 Å². The smallest absolute Gasteiger partial charge is 0.315 e. The van der Waals surface area contributed by atoms with Gasteiger partial charge in [-0.15, -0.1) is 11.3 Å². The number of hydrogen-bond donors (Lipinski definition) is 2. The maximum absolute atomic E-state index is 12.0. The van der Waals surface area contributed by atoms with Crippen LogP contribution in [-0.4, -0.2) is 17.1 Å². The fourth-order valence-electron chi connectivity index (χ4n) is 3.10. The summed E-state index contributed by atoms with van der Waals surface area (Å²) in [6, 6.07) is 10.7. The van der Waals surface area contributed by atoms with Gasteiger partial charge in [-0.2, -0.15) is 0 Å². The Morgan fingerprint density at radius 3 is 2.91 bits per heavy atom. The van der Waals surface area contributed by atoms with E-state index in [1.165, 1.54) is 18.4 Å². The molecule has 1 fully saturated rings. The molecule has 4 nitrogen and oxygen atoms in total. The van der Waals surface area contributed by atoms with Crippen molar-refractivity contribution in [1.29, 1.82) is 0 Å². The largest absolute Gasteiger partial charge is 0.335 e. The van der Waals surface area contributed by atoms with Gasteiger partial charge in [-0.25, -0.2) is 9.78 Å². The third kappa shape index (κ3) is 4.07. The molecule has 2 atom stereocenters. The average molecular weight is 315 g/mol. The standard InChI is InChI=1S/C17H21N3OS/c21-17(19-12-16-18-9-10-22-16)20-15-8-4-7-14(15)11-13-5-2-1-3-6-13/h1-3,5-6,9-10,14-15H,4,7-8,11-12H2,(H2,19,20,21)/t14-,15-/m0/s1. The first kappa shape index (κ1) is 15.0. The van der Waals surface area contributed by atoms with Crippen LogP contribution in [0.25, 0.3) is 0 Å². The van der Waals surface area contributed by atoms with Crippen LogP contribution in [0.15, 0.2) is 41.9 Å². The number of rotatable bonds is 5. The summed E-state index contributed by atoms with van der Waals surface area (Å²) in [5.41, 5.74) is 1.35. The zero-order valence-corrected chi connectivity index (χ0v) is 13.3. The summed E-state index contributed by atoms with van der Waals surface area (Å²) in [7, 11) is 0. The van der Waals surface area contributed by atoms with Gasteiger partial charge in [-0.3, -0.25) is 0 Å². The molecule has 1 aromatic carbocycles. The van der Waals surface area contributed by atoms with Gasteiger partial charge >= 0.3 is 6.03 Å². The van der Waals surface area contributed by atoms with Gasteiger partial charge in [-0.1, -0.05) is 36.8 Å². The van der Waals surface area contributed by atoms with E-state index in [2.05, 4.69) is 39.9 Å². The number of amides is 2. The highest BCUT2D eigenvalue weighted by Gasteiger charge is 2.28. The molecular weight excluding hydrogens is 294 g/mol. The normalized spacial score (nSPS) is 20.7. The summed E-state index contributed by atoms with van der Waals surface area (Å²) < 4.78 is 0. The van der Waals surface area contributed by atoms with Crippen LogP contribution in [0, 0.1) is 5.92 Å². The summed E-state index contributed by atoms with van der Waals surface area (Å²) >= 11 is 1.56. The van der Waals surface area contributed by atoms with Crippen molar-refractivity contribution in [2.75, 3.05) is 0 Å². The highest BCUT2D eigenvalue weighted by Crippen LogP contribution is 2.28. The van der Waals surface area contributed by atoms with Crippen molar-refractivity contribution < 1.29 is 4.79 Å². The summed E-state index contributed by atoms with van der Waals surface area (Å²) in [4.78, 5) is 16.2. The lowest BCUT2D eigenvalue weighted by Crippen LogP contribution is -2.43. The van der Waals surface area contributed by atoms with Crippen molar-refractivity contribution in [3.8, 4) is 0 Å². The topological polar surface area (TPSA) is 54.0 Å². The summed E-state index contributed by atoms with van der Waals surface area (Å²) in [6.45, 7) is 0.500. The Kier molecular flexibility index (Phi) is 5.06. The van der Waals surface area contributed by atoms with Crippen LogP contribution in [0.1, 0.15) is 29.8 Å². The molecule has 0 bridgehead atoms. The number of carbonyl (C=O) groups is 1. The summed E-state index contributed by atoms with van der Waals surface area (Å²) in [6.07, 6.45) is 6.24. The van der Waals surface area contributed by atoms with Gasteiger partial charge in [0.25, 0.3) is 0 Å². The molecule has 2 N–H and O–H groups in total. The minimum Gasteiger partial charge on any atom is -0.335 e. The van der Waals surface area contributed by atoms with Crippen molar-refractivity contribution in [2.24, 2.45) is 5.92 Å². The molecule has 1 heterocycles. The Bertz CT molecular complexity index is 585. The third-order valence-corrected chi connectivity index (χ3v) is 4.98. The maximum atomic E-state index is 12.0. The molecule has 1 aromatic heterocycles. The second kappa shape index (κ2) is 7.40. The number of nitrogens with one attached hydrogen (secondary N) is 2. The molecule has 0 spiro atoms. The second-order valence-electron chi connectivity index (χ2n) is 5.74. The van der Waals surface area contributed by atoms with E-state index in [1.807, 2.05) is 11.4 Å². The van der Waals surface area contributed by atoms with Gasteiger partial charge < -0.3 is 10.6 Å². The molecule has 22 heavy (non-hydrogen) atoms. The molecule has 0 radical (unpaired) electrons. The molecule has 2 aromatic rings. The van der Waals surface area contributed by atoms with Crippen molar-refractivity contribution in [2.45, 2.75) is 38.3 Å². The minimum absolute atomic E-state index is 0.0832. The van der Waals surface area contributed by atoms with E-state index in [-0.39, 0.29) is 12.1 Å². The molecule has 0 unspecified atom stereocenters. The van der Waals surface area contributed by atoms with Crippen LogP contribution in [0.4, 0.5) is 4.79 Å². The molecule has 3 rings (SSSR count). The molecule has 2 amide bonds. The minimum atomic E-state index is -0.0832. The highest BCUT2D eigenvalue weighted by atomic mass is 32.1. The highest BCUT2D eigenvalue weighted by molar-refractivity contribution is 7.09. The van der Waals surface area contributed by atoms with Crippen LogP contribution >= 0.6 is 11.3 Å². The lowest BCUT2D eigenvalue weighted by molar-refractivity contribution is 0.233. The third-order valence-electron chi connectivity index (χ3n) is 4.20. The number of benzene rings is 1. The maximum Gasteiger partial charge on any atom is 0.315 e. The van der Waals surface area contributed by atoms with Gasteiger partial charge in [0.15, 0.2) is 0 Å². The number of hydrogen-bond acceptors (Lipinski definition) is 3. The van der Waals surface area contributed by atoms with E-state index in [0.717, 1.165) is 17.8 Å². The van der Waals surface area contributed by atoms with Gasteiger partial charge in [0.05, 0.1) is 6.54 Å². The van der Waals surface area contributed by atoms with Gasteiger partial charge in [0, 0.05) is 17.6 Å². The molecule has 0 aliphatic heterocycles. The van der Waals surface area contributed by atoms with Gasteiger partial charge in [-0.05, 0) is 30.7 Å². The Balaban J connectivity index is 1.49. The molecule has 0 saturated heterocycles. The predicted molar refractivity (Wildman–Crippen MR) is 88.8 cm³/mol. The van der Waals surface area contributed by atoms with Crippen LogP contribution in [0.5, 0.6) is 0 Å². The van der Waals surface area contributed by atoms with Gasteiger partial charge in [0.2, 0.25) is 0 Å². The van der Waals surface area contributed by atoms with E-state index >= 15 is 0 Å². The number of urea groups is 1. The number of aromatic nitrogens is 1. The molecule has 1 saturated carbocycles. The molecule has 1 aliphatic carbocycles. The van der Waals surface area contributed by atoms with E-state index in [4.69, 9.17) is 0 Å². The number of carbonyl (C=O) groups excluding carboxylic acids is 1. The quantitative estimate of drug-likeness (QED) is 0.889. The lowest BCUT2D eigenvalue weighted by atomic mass is 9.95. The Morgan fingerprint density at radius 1 is 1.27 bits per heavy atom. The SMILES string of the molecule is O=C(NCc1nccs1)N[C@H]1CCC[C@H]1Cc1ccccc1. The fourth-order valence-corrected chi connectivity index (χ4v) is 3.66. The molecular formula is C17H21N3OS. The predicted octanol–water partition coefficient (Wildman–Crippen LogP) is 3.35. The molecule has 5 heteroatoms. The van der Waals surface area contributed by atoms with Crippen molar-refractivity contribution >= 4 is 17.4 Å². The van der Waals surface area contributed by atoms with Crippen molar-refractivity contribution in [1.82, 2.24) is 15.6 Å². The Labute approximate surface area is 135 Å². The first-order valence-corrected chi connectivity index (χ1v) is 8.66. The van der Waals surface area contributed by atoms with Crippen LogP contribution in [0.2, 0.25) is 0 Å². The van der Waals surface area contributed by atoms with Crippen LogP contribution in [0.3, 0.4) is 0 Å². The second-order valence-corrected chi connectivity index (χ2v) is 6.72. The average Bonchev–Trinajstić information content (AvgIpc) is 3.19. The fraction of sp³-hybridized carbons (Fsp3) is 0.412. The summed E-state index contributed by atoms with van der Waals surface area (Å²) in [5.74, 6) is 0.535. The molecule has 1 aliphatic rings. The van der Waals surface area contributed by atoms with Crippen molar-refractivity contribution in [3.63, 3.8) is 0 Å². The summed E-state index contributed by atoms with van der Waals surface area (Å²) in [5, 5.41) is 8.88. The Morgan fingerprint density at radius 2 is 2.14 bits per heavy atom. The van der Waals surface area contributed by atoms with Crippen LogP contribution < -0.4 is 10.6 Å². The van der Waals surface area contributed by atoms with E-state index in [0.29, 0.717) is 12.5 Å². The zero-order chi connectivity index (χ0) is 15.2. The van der Waals surface area contributed by atoms with Gasteiger partial charge in [0.1, 0.15) is 5.01 Å². The zero-order valence-electron chi connectivity index (χ0n) is 12.5. The van der Waals surface area contributed by atoms with E-state index in [1.54, 1.807) is 17.5 Å². The first-order valence-electron chi connectivity index (χ1n) is 7.78. The first-order chi connectivity index (χ1) is 10.8. The molecule has 116 valence electrons.